The maximum absolute atomic E-state index is 12.0. The van der Waals surface area contributed by atoms with Gasteiger partial charge in [0.1, 0.15) is 18.5 Å². The number of piperazine rings is 1. The van der Waals surface area contributed by atoms with E-state index in [4.69, 9.17) is 4.74 Å². The zero-order valence-electron chi connectivity index (χ0n) is 13.7. The van der Waals surface area contributed by atoms with Crippen LogP contribution in [0.3, 0.4) is 0 Å². The Balaban J connectivity index is 1.76. The minimum Gasteiger partial charge on any atom is -0.445 e. The van der Waals surface area contributed by atoms with Crippen LogP contribution in [0.1, 0.15) is 18.9 Å². The van der Waals surface area contributed by atoms with Crippen LogP contribution in [0, 0.1) is 0 Å². The van der Waals surface area contributed by atoms with Crippen molar-refractivity contribution < 1.29 is 24.2 Å². The molecule has 0 spiro atoms. The van der Waals surface area contributed by atoms with Gasteiger partial charge in [0.25, 0.3) is 5.91 Å². The van der Waals surface area contributed by atoms with Crippen LogP contribution in [0.15, 0.2) is 30.3 Å². The van der Waals surface area contributed by atoms with Crippen molar-refractivity contribution >= 4 is 17.8 Å². The van der Waals surface area contributed by atoms with Gasteiger partial charge >= 0.3 is 6.09 Å². The Kier molecular flexibility index (Phi) is 6.31. The van der Waals surface area contributed by atoms with Crippen LogP contribution in [0.25, 0.3) is 0 Å². The van der Waals surface area contributed by atoms with Gasteiger partial charge in [-0.25, -0.2) is 4.79 Å². The lowest BCUT2D eigenvalue weighted by molar-refractivity contribution is -0.144. The van der Waals surface area contributed by atoms with Crippen molar-refractivity contribution in [3.8, 4) is 0 Å². The number of rotatable bonds is 5. The molecule has 7 heteroatoms. The first-order valence-corrected chi connectivity index (χ1v) is 7.89. The Morgan fingerprint density at radius 2 is 1.67 bits per heavy atom. The van der Waals surface area contributed by atoms with Crippen molar-refractivity contribution in [1.82, 2.24) is 9.80 Å². The predicted octanol–water partition coefficient (Wildman–Crippen LogP) is 0.807. The van der Waals surface area contributed by atoms with Crippen molar-refractivity contribution in [2.24, 2.45) is 0 Å². The zero-order chi connectivity index (χ0) is 17.5. The third-order valence-electron chi connectivity index (χ3n) is 3.82. The molecule has 1 aromatic rings. The van der Waals surface area contributed by atoms with E-state index in [2.05, 4.69) is 0 Å². The number of Topliss-reactive ketones (excluding diaryl/α,β-unsaturated/α-hetero) is 1. The Morgan fingerprint density at radius 3 is 2.25 bits per heavy atom. The Labute approximate surface area is 140 Å². The van der Waals surface area contributed by atoms with Crippen LogP contribution in [0.2, 0.25) is 0 Å². The van der Waals surface area contributed by atoms with Gasteiger partial charge < -0.3 is 19.6 Å². The van der Waals surface area contributed by atoms with E-state index in [9.17, 15) is 19.5 Å². The van der Waals surface area contributed by atoms with E-state index in [1.165, 1.54) is 16.7 Å². The number of carbonyl (C=O) groups is 3. The van der Waals surface area contributed by atoms with Crippen molar-refractivity contribution in [3.05, 3.63) is 35.9 Å². The zero-order valence-corrected chi connectivity index (χ0v) is 13.7. The van der Waals surface area contributed by atoms with Gasteiger partial charge in [0.15, 0.2) is 0 Å². The van der Waals surface area contributed by atoms with Crippen molar-refractivity contribution in [1.29, 1.82) is 0 Å². The van der Waals surface area contributed by atoms with E-state index in [1.54, 1.807) is 0 Å². The molecule has 1 saturated heterocycles. The smallest absolute Gasteiger partial charge is 0.410 e. The maximum Gasteiger partial charge on any atom is 0.410 e. The second kappa shape index (κ2) is 8.44. The van der Waals surface area contributed by atoms with Crippen LogP contribution >= 0.6 is 0 Å². The highest BCUT2D eigenvalue weighted by Crippen LogP contribution is 2.09. The summed E-state index contributed by atoms with van der Waals surface area (Å²) in [5.41, 5.74) is 0.909. The summed E-state index contributed by atoms with van der Waals surface area (Å²) in [5.74, 6) is -0.707. The molecule has 1 fully saturated rings. The molecule has 7 nitrogen and oxygen atoms in total. The average Bonchev–Trinajstić information content (AvgIpc) is 2.59. The van der Waals surface area contributed by atoms with Crippen molar-refractivity contribution in [2.75, 3.05) is 26.2 Å². The molecule has 2 rings (SSSR count). The standard InChI is InChI=1S/C17H22N2O5/c1-13(20)11-15(21)16(22)18-7-9-19(10-8-18)17(23)24-12-14-5-3-2-4-6-14/h2-6,15,21H,7-12H2,1H3/t15-/m1/s1. The highest BCUT2D eigenvalue weighted by Gasteiger charge is 2.28. The van der Waals surface area contributed by atoms with E-state index in [-0.39, 0.29) is 18.8 Å². The Bertz CT molecular complexity index is 582. The maximum atomic E-state index is 12.0. The molecule has 0 aliphatic carbocycles. The predicted molar refractivity (Wildman–Crippen MR) is 86.1 cm³/mol. The summed E-state index contributed by atoms with van der Waals surface area (Å²) >= 11 is 0. The SMILES string of the molecule is CC(=O)C[C@@H](O)C(=O)N1CCN(C(=O)OCc2ccccc2)CC1. The molecule has 1 aromatic carbocycles. The van der Waals surface area contributed by atoms with Crippen LogP contribution in [-0.4, -0.2) is 65.0 Å². The van der Waals surface area contributed by atoms with Crippen LogP contribution in [-0.2, 0) is 20.9 Å². The number of aliphatic hydroxyl groups excluding tert-OH is 1. The normalized spacial score (nSPS) is 15.8. The first-order chi connectivity index (χ1) is 11.5. The van der Waals surface area contributed by atoms with Gasteiger partial charge in [-0.1, -0.05) is 30.3 Å². The molecule has 0 unspecified atom stereocenters. The molecule has 0 radical (unpaired) electrons. The quantitative estimate of drug-likeness (QED) is 0.861. The molecule has 2 amide bonds. The first-order valence-electron chi connectivity index (χ1n) is 7.89. The van der Waals surface area contributed by atoms with Gasteiger partial charge in [0, 0.05) is 32.6 Å². The lowest BCUT2D eigenvalue weighted by Gasteiger charge is -2.35. The van der Waals surface area contributed by atoms with Gasteiger partial charge in [-0.3, -0.25) is 9.59 Å². The second-order valence-corrected chi connectivity index (χ2v) is 5.77. The molecule has 1 N–H and O–H groups in total. The fraction of sp³-hybridized carbons (Fsp3) is 0.471. The summed E-state index contributed by atoms with van der Waals surface area (Å²) in [7, 11) is 0. The second-order valence-electron chi connectivity index (χ2n) is 5.77. The minimum absolute atomic E-state index is 0.182. The lowest BCUT2D eigenvalue weighted by atomic mass is 10.1. The fourth-order valence-electron chi connectivity index (χ4n) is 2.49. The number of aliphatic hydroxyl groups is 1. The molecular weight excluding hydrogens is 312 g/mol. The molecule has 1 aliphatic rings. The van der Waals surface area contributed by atoms with Gasteiger partial charge in [0.05, 0.1) is 0 Å². The van der Waals surface area contributed by atoms with E-state index in [0.29, 0.717) is 26.2 Å². The number of nitrogens with zero attached hydrogens (tertiary/aromatic N) is 2. The average molecular weight is 334 g/mol. The van der Waals surface area contributed by atoms with Crippen molar-refractivity contribution in [3.63, 3.8) is 0 Å². The third-order valence-corrected chi connectivity index (χ3v) is 3.82. The topological polar surface area (TPSA) is 87.2 Å². The summed E-state index contributed by atoms with van der Waals surface area (Å²) in [6.45, 7) is 2.84. The number of hydrogen-bond acceptors (Lipinski definition) is 5. The number of benzene rings is 1. The largest absolute Gasteiger partial charge is 0.445 e. The van der Waals surface area contributed by atoms with Gasteiger partial charge in [-0.15, -0.1) is 0 Å². The van der Waals surface area contributed by atoms with Crippen molar-refractivity contribution in [2.45, 2.75) is 26.1 Å². The van der Waals surface area contributed by atoms with Gasteiger partial charge in [-0.05, 0) is 12.5 Å². The lowest BCUT2D eigenvalue weighted by Crippen LogP contribution is -2.53. The van der Waals surface area contributed by atoms with Gasteiger partial charge in [-0.2, -0.15) is 0 Å². The van der Waals surface area contributed by atoms with E-state index in [1.807, 2.05) is 30.3 Å². The third kappa shape index (κ3) is 5.06. The number of ketones is 1. The number of hydrogen-bond donors (Lipinski definition) is 1. The van der Waals surface area contributed by atoms with E-state index >= 15 is 0 Å². The fourth-order valence-corrected chi connectivity index (χ4v) is 2.49. The first kappa shape index (κ1) is 17.9. The molecule has 1 heterocycles. The number of amides is 2. The molecule has 1 atom stereocenters. The van der Waals surface area contributed by atoms with E-state index in [0.717, 1.165) is 5.56 Å². The molecule has 130 valence electrons. The molecule has 0 aromatic heterocycles. The molecular formula is C17H22N2O5. The molecule has 1 aliphatic heterocycles. The van der Waals surface area contributed by atoms with Gasteiger partial charge in [0.2, 0.25) is 0 Å². The number of carbonyl (C=O) groups excluding carboxylic acids is 3. The molecule has 0 saturated carbocycles. The number of ether oxygens (including phenoxy) is 1. The van der Waals surface area contributed by atoms with Crippen LogP contribution < -0.4 is 0 Å². The summed E-state index contributed by atoms with van der Waals surface area (Å²) in [6, 6.07) is 9.39. The molecule has 0 bridgehead atoms. The minimum atomic E-state index is -1.31. The highest BCUT2D eigenvalue weighted by molar-refractivity contribution is 5.87. The summed E-state index contributed by atoms with van der Waals surface area (Å²) in [4.78, 5) is 38.0. The van der Waals surface area contributed by atoms with Crippen LogP contribution in [0.4, 0.5) is 4.79 Å². The monoisotopic (exact) mass is 334 g/mol. The van der Waals surface area contributed by atoms with E-state index < -0.39 is 18.1 Å². The Morgan fingerprint density at radius 1 is 1.08 bits per heavy atom. The summed E-state index contributed by atoms with van der Waals surface area (Å²) < 4.78 is 5.25. The Hall–Kier alpha value is -2.41. The molecule has 24 heavy (non-hydrogen) atoms. The summed E-state index contributed by atoms with van der Waals surface area (Å²) in [5, 5.41) is 9.71. The van der Waals surface area contributed by atoms with Crippen LogP contribution in [0.5, 0.6) is 0 Å². The summed E-state index contributed by atoms with van der Waals surface area (Å²) in [6.07, 6.45) is -1.91. The highest BCUT2D eigenvalue weighted by atomic mass is 16.6.